The van der Waals surface area contributed by atoms with Crippen LogP contribution in [0, 0.1) is 0 Å². The Labute approximate surface area is 233 Å². The van der Waals surface area contributed by atoms with E-state index in [1.54, 1.807) is 41.0 Å². The number of likely N-dealkylation sites (N-methyl/N-ethyl adjacent to an activating group) is 1. The van der Waals surface area contributed by atoms with Crippen molar-refractivity contribution >= 4 is 17.5 Å². The molecule has 0 spiro atoms. The van der Waals surface area contributed by atoms with Gasteiger partial charge in [0.1, 0.15) is 29.8 Å². The minimum Gasteiger partial charge on any atom is -0.488 e. The maximum absolute atomic E-state index is 14.2. The molecule has 3 aromatic heterocycles. The van der Waals surface area contributed by atoms with Gasteiger partial charge in [-0.2, -0.15) is 18.3 Å². The number of alkyl halides is 3. The molecule has 4 aromatic rings. The summed E-state index contributed by atoms with van der Waals surface area (Å²) in [6, 6.07) is 5.88. The van der Waals surface area contributed by atoms with Crippen molar-refractivity contribution in [2.75, 3.05) is 36.9 Å². The zero-order valence-electron chi connectivity index (χ0n) is 22.9. The summed E-state index contributed by atoms with van der Waals surface area (Å²) >= 11 is 0. The third-order valence-electron chi connectivity index (χ3n) is 7.26. The number of carbonyl (C=O) groups is 1. The molecule has 41 heavy (non-hydrogen) atoms. The molecule has 0 saturated carbocycles. The van der Waals surface area contributed by atoms with Crippen molar-refractivity contribution in [3.05, 3.63) is 53.5 Å². The number of carbonyl (C=O) groups excluding carboxylic acids is 1. The first-order chi connectivity index (χ1) is 19.5. The van der Waals surface area contributed by atoms with Gasteiger partial charge in [-0.25, -0.2) is 4.98 Å². The van der Waals surface area contributed by atoms with Gasteiger partial charge in [0.2, 0.25) is 0 Å². The van der Waals surface area contributed by atoms with Crippen molar-refractivity contribution in [1.82, 2.24) is 34.4 Å². The first-order valence-corrected chi connectivity index (χ1v) is 13.1. The number of hydrogen-bond acceptors (Lipinski definition) is 8. The van der Waals surface area contributed by atoms with Crippen LogP contribution in [-0.2, 0) is 26.8 Å². The van der Waals surface area contributed by atoms with Crippen molar-refractivity contribution in [2.24, 2.45) is 14.1 Å². The van der Waals surface area contributed by atoms with Crippen molar-refractivity contribution in [3.63, 3.8) is 0 Å². The van der Waals surface area contributed by atoms with Crippen LogP contribution in [0.25, 0.3) is 22.6 Å². The van der Waals surface area contributed by atoms with E-state index in [0.29, 0.717) is 48.1 Å². The second-order valence-corrected chi connectivity index (χ2v) is 10.3. The normalized spacial score (nSPS) is 15.8. The SMILES string of the molecule is CCNc1cc(-c2c(-c3nncn3C)cnn2C)cc(N2Cc3c(cc(OC4CN(C)C4)cc3C(F)(F)F)C2=O)n1. The van der Waals surface area contributed by atoms with Gasteiger partial charge in [0, 0.05) is 44.9 Å². The predicted molar refractivity (Wildman–Crippen MR) is 144 cm³/mol. The van der Waals surface area contributed by atoms with Crippen molar-refractivity contribution < 1.29 is 22.7 Å². The van der Waals surface area contributed by atoms with Gasteiger partial charge in [0.25, 0.3) is 5.91 Å². The number of fused-ring (bicyclic) bond motifs is 1. The molecule has 1 amide bonds. The molecule has 0 unspecified atom stereocenters. The Morgan fingerprint density at radius 2 is 1.88 bits per heavy atom. The molecule has 2 aliphatic heterocycles. The summed E-state index contributed by atoms with van der Waals surface area (Å²) in [5, 5.41) is 15.7. The Hall–Kier alpha value is -4.46. The molecule has 0 bridgehead atoms. The number of amides is 1. The minimum atomic E-state index is -4.67. The number of aryl methyl sites for hydroxylation is 2. The molecule has 14 heteroatoms. The molecule has 0 radical (unpaired) electrons. The first-order valence-electron chi connectivity index (χ1n) is 13.1. The van der Waals surface area contributed by atoms with E-state index in [1.165, 1.54) is 11.0 Å². The molecule has 6 rings (SSSR count). The van der Waals surface area contributed by atoms with Crippen LogP contribution < -0.4 is 15.0 Å². The van der Waals surface area contributed by atoms with Crippen molar-refractivity contribution in [2.45, 2.75) is 25.7 Å². The van der Waals surface area contributed by atoms with E-state index < -0.39 is 17.6 Å². The predicted octanol–water partition coefficient (Wildman–Crippen LogP) is 3.58. The fraction of sp³-hybridized carbons (Fsp3) is 0.370. The average molecular weight is 568 g/mol. The molecule has 0 aliphatic carbocycles. The Kier molecular flexibility index (Phi) is 6.44. The molecule has 1 saturated heterocycles. The number of hydrogen-bond donors (Lipinski definition) is 1. The molecule has 1 fully saturated rings. The van der Waals surface area contributed by atoms with Gasteiger partial charge in [0.05, 0.1) is 29.6 Å². The second-order valence-electron chi connectivity index (χ2n) is 10.3. The number of halogens is 3. The van der Waals surface area contributed by atoms with Crippen LogP contribution in [0.1, 0.15) is 28.4 Å². The molecule has 0 atom stereocenters. The third-order valence-corrected chi connectivity index (χ3v) is 7.26. The highest BCUT2D eigenvalue weighted by Gasteiger charge is 2.42. The third kappa shape index (κ3) is 4.77. The zero-order valence-corrected chi connectivity index (χ0v) is 22.9. The van der Waals surface area contributed by atoms with Crippen LogP contribution in [0.2, 0.25) is 0 Å². The maximum Gasteiger partial charge on any atom is 0.416 e. The number of anilines is 2. The molecule has 1 aromatic carbocycles. The van der Waals surface area contributed by atoms with Crippen LogP contribution in [0.15, 0.2) is 36.8 Å². The summed E-state index contributed by atoms with van der Waals surface area (Å²) in [6.07, 6.45) is -1.65. The maximum atomic E-state index is 14.2. The van der Waals surface area contributed by atoms with Crippen molar-refractivity contribution in [3.8, 4) is 28.4 Å². The average Bonchev–Trinajstić information content (AvgIpc) is 3.59. The Morgan fingerprint density at radius 1 is 1.10 bits per heavy atom. The van der Waals surface area contributed by atoms with Crippen molar-refractivity contribution in [1.29, 1.82) is 0 Å². The second kappa shape index (κ2) is 9.87. The highest BCUT2D eigenvalue weighted by molar-refractivity contribution is 6.10. The van der Waals surface area contributed by atoms with Gasteiger partial charge in [-0.15, -0.1) is 10.2 Å². The highest BCUT2D eigenvalue weighted by atomic mass is 19.4. The van der Waals surface area contributed by atoms with E-state index in [-0.39, 0.29) is 35.3 Å². The Morgan fingerprint density at radius 3 is 2.54 bits per heavy atom. The summed E-state index contributed by atoms with van der Waals surface area (Å²) in [5.41, 5.74) is 1.02. The first kappa shape index (κ1) is 26.7. The van der Waals surface area contributed by atoms with E-state index in [4.69, 9.17) is 4.74 Å². The lowest BCUT2D eigenvalue weighted by Crippen LogP contribution is -2.51. The number of ether oxygens (including phenoxy) is 1. The van der Waals surface area contributed by atoms with E-state index in [1.807, 2.05) is 25.9 Å². The van der Waals surface area contributed by atoms with Crippen LogP contribution in [0.3, 0.4) is 0 Å². The lowest BCUT2D eigenvalue weighted by Gasteiger charge is -2.36. The summed E-state index contributed by atoms with van der Waals surface area (Å²) < 4.78 is 51.8. The number of nitrogens with zero attached hydrogens (tertiary/aromatic N) is 8. The van der Waals surface area contributed by atoms with E-state index in [0.717, 1.165) is 6.07 Å². The van der Waals surface area contributed by atoms with Crippen LogP contribution in [0.4, 0.5) is 24.8 Å². The highest BCUT2D eigenvalue weighted by Crippen LogP contribution is 2.42. The molecular formula is C27H28F3N9O2. The largest absolute Gasteiger partial charge is 0.488 e. The molecule has 1 N–H and O–H groups in total. The van der Waals surface area contributed by atoms with Gasteiger partial charge >= 0.3 is 6.18 Å². The van der Waals surface area contributed by atoms with Gasteiger partial charge in [0.15, 0.2) is 5.82 Å². The van der Waals surface area contributed by atoms with E-state index in [2.05, 4.69) is 25.6 Å². The molecule has 11 nitrogen and oxygen atoms in total. The van der Waals surface area contributed by atoms with Crippen LogP contribution in [-0.4, -0.2) is 73.1 Å². The standard InChI is InChI=1S/C27H28F3N9O2/c1-5-31-22-6-15(24-19(10-33-38(24)4)25-35-32-14-37(25)3)7-23(34-22)39-13-20-18(26(39)40)8-16(9-21(20)27(28,29)30)41-17-11-36(2)12-17/h6-10,14,17H,5,11-13H2,1-4H3,(H,31,34). The summed E-state index contributed by atoms with van der Waals surface area (Å²) in [6.45, 7) is 3.37. The number of aromatic nitrogens is 6. The smallest absolute Gasteiger partial charge is 0.416 e. The summed E-state index contributed by atoms with van der Waals surface area (Å²) in [4.78, 5) is 21.5. The zero-order chi connectivity index (χ0) is 29.1. The Bertz CT molecular complexity index is 1640. The topological polar surface area (TPSA) is 106 Å². The van der Waals surface area contributed by atoms with E-state index in [9.17, 15) is 18.0 Å². The van der Waals surface area contributed by atoms with Gasteiger partial charge in [-0.05, 0) is 43.8 Å². The molecule has 2 aliphatic rings. The monoisotopic (exact) mass is 567 g/mol. The molecular weight excluding hydrogens is 539 g/mol. The lowest BCUT2D eigenvalue weighted by atomic mass is 10.0. The quantitative estimate of drug-likeness (QED) is 0.361. The number of pyridine rings is 1. The lowest BCUT2D eigenvalue weighted by molar-refractivity contribution is -0.138. The fourth-order valence-corrected chi connectivity index (χ4v) is 5.33. The van der Waals surface area contributed by atoms with Crippen LogP contribution in [0.5, 0.6) is 5.75 Å². The van der Waals surface area contributed by atoms with E-state index >= 15 is 0 Å². The minimum absolute atomic E-state index is 0.0302. The number of likely N-dealkylation sites (tertiary alicyclic amines) is 1. The molecule has 214 valence electrons. The van der Waals surface area contributed by atoms with Crippen LogP contribution >= 0.6 is 0 Å². The fourth-order valence-electron chi connectivity index (χ4n) is 5.33. The Balaban J connectivity index is 1.42. The number of benzene rings is 1. The number of rotatable bonds is 7. The summed E-state index contributed by atoms with van der Waals surface area (Å²) in [5.74, 6) is 0.708. The van der Waals surface area contributed by atoms with Gasteiger partial charge in [-0.1, -0.05) is 0 Å². The molecule has 5 heterocycles. The van der Waals surface area contributed by atoms with Gasteiger partial charge < -0.3 is 14.6 Å². The van der Waals surface area contributed by atoms with Gasteiger partial charge in [-0.3, -0.25) is 19.3 Å². The number of nitrogens with one attached hydrogen (secondary N) is 1. The summed E-state index contributed by atoms with van der Waals surface area (Å²) in [7, 11) is 5.49.